The number of benzene rings is 3. The van der Waals surface area contributed by atoms with E-state index in [0.717, 1.165) is 67.3 Å². The van der Waals surface area contributed by atoms with E-state index in [0.29, 0.717) is 18.2 Å². The maximum atomic E-state index is 11.7. The van der Waals surface area contributed by atoms with Gasteiger partial charge < -0.3 is 24.4 Å². The van der Waals surface area contributed by atoms with Crippen molar-refractivity contribution in [1.82, 2.24) is 0 Å². The lowest BCUT2D eigenvalue weighted by Gasteiger charge is -2.39. The largest absolute Gasteiger partial charge is 0.481 e. The minimum atomic E-state index is -0.857. The predicted molar refractivity (Wildman–Crippen MR) is 154 cm³/mol. The molecule has 0 aromatic heterocycles. The van der Waals surface area contributed by atoms with Crippen LogP contribution >= 0.6 is 0 Å². The Kier molecular flexibility index (Phi) is 9.96. The Labute approximate surface area is 231 Å². The van der Waals surface area contributed by atoms with Crippen molar-refractivity contribution in [2.45, 2.75) is 44.6 Å². The molecule has 7 heteroatoms. The Bertz CT molecular complexity index is 1250. The van der Waals surface area contributed by atoms with Crippen molar-refractivity contribution in [2.75, 3.05) is 43.3 Å². The smallest absolute Gasteiger partial charge is 0.304 e. The number of anilines is 4. The summed E-state index contributed by atoms with van der Waals surface area (Å²) in [5.41, 5.74) is 5.46. The first-order chi connectivity index (χ1) is 19.0. The summed E-state index contributed by atoms with van der Waals surface area (Å²) < 4.78 is 11.1. The number of methoxy groups -OCH3 is 1. The minimum absolute atomic E-state index is 0.0204. The van der Waals surface area contributed by atoms with Crippen molar-refractivity contribution in [1.29, 1.82) is 5.26 Å². The van der Waals surface area contributed by atoms with Gasteiger partial charge in [0, 0.05) is 50.2 Å². The molecule has 1 heterocycles. The molecule has 0 amide bonds. The molecule has 7 nitrogen and oxygen atoms in total. The number of carboxylic acid groups (broad SMARTS) is 1. The average Bonchev–Trinajstić information content (AvgIpc) is 2.97. The lowest BCUT2D eigenvalue weighted by molar-refractivity contribution is -0.137. The van der Waals surface area contributed by atoms with Crippen LogP contribution in [0.1, 0.15) is 49.7 Å². The van der Waals surface area contributed by atoms with Gasteiger partial charge in [0.2, 0.25) is 0 Å². The molecule has 0 bridgehead atoms. The van der Waals surface area contributed by atoms with Crippen molar-refractivity contribution in [3.8, 4) is 6.07 Å². The monoisotopic (exact) mass is 527 g/mol. The van der Waals surface area contributed by atoms with Gasteiger partial charge in [-0.1, -0.05) is 31.2 Å². The van der Waals surface area contributed by atoms with Gasteiger partial charge in [-0.05, 0) is 73.4 Å². The number of carboxylic acids is 1. The summed E-state index contributed by atoms with van der Waals surface area (Å²) in [7, 11) is 1.60. The average molecular weight is 528 g/mol. The predicted octanol–water partition coefficient (Wildman–Crippen LogP) is 6.63. The summed E-state index contributed by atoms with van der Waals surface area (Å²) in [6, 6.07) is 26.6. The number of para-hydroxylation sites is 1. The van der Waals surface area contributed by atoms with Crippen LogP contribution in [-0.2, 0) is 14.3 Å². The van der Waals surface area contributed by atoms with Crippen LogP contribution < -0.4 is 9.80 Å². The van der Waals surface area contributed by atoms with Crippen LogP contribution in [0.25, 0.3) is 0 Å². The van der Waals surface area contributed by atoms with E-state index in [4.69, 9.17) is 9.47 Å². The van der Waals surface area contributed by atoms with E-state index in [-0.39, 0.29) is 12.3 Å². The first-order valence-electron chi connectivity index (χ1n) is 13.6. The van der Waals surface area contributed by atoms with Gasteiger partial charge in [-0.15, -0.1) is 0 Å². The number of hydrogen-bond donors (Lipinski definition) is 1. The molecule has 0 aliphatic carbocycles. The molecule has 39 heavy (non-hydrogen) atoms. The molecule has 0 saturated carbocycles. The zero-order valence-corrected chi connectivity index (χ0v) is 22.8. The molecular weight excluding hydrogens is 490 g/mol. The standard InChI is InChI=1S/C32H37N3O4/c1-3-17-34(27-15-18-39-19-16-27)30-14-11-25(26(23-38-2)21-32(36)37)20-31(30)35(28-7-5-4-6-8-28)29-12-9-24(22-33)10-13-29/h4-14,20,26-27H,3,15-19,21,23H2,1-2H3,(H,36,37)/t26-/m0/s1. The number of ether oxygens (including phenoxy) is 2. The fourth-order valence-corrected chi connectivity index (χ4v) is 5.33. The molecule has 1 atom stereocenters. The second-order valence-corrected chi connectivity index (χ2v) is 9.86. The lowest BCUT2D eigenvalue weighted by atomic mass is 9.94. The highest BCUT2D eigenvalue weighted by Gasteiger charge is 2.27. The number of aliphatic carboxylic acids is 1. The van der Waals surface area contributed by atoms with Gasteiger partial charge >= 0.3 is 5.97 Å². The minimum Gasteiger partial charge on any atom is -0.481 e. The van der Waals surface area contributed by atoms with Crippen LogP contribution in [0.4, 0.5) is 22.7 Å². The molecule has 4 rings (SSSR count). The van der Waals surface area contributed by atoms with Crippen molar-refractivity contribution in [2.24, 2.45) is 0 Å². The molecule has 1 N–H and O–H groups in total. The molecule has 0 radical (unpaired) electrons. The topological polar surface area (TPSA) is 86.0 Å². The zero-order chi connectivity index (χ0) is 27.6. The maximum absolute atomic E-state index is 11.7. The van der Waals surface area contributed by atoms with E-state index in [9.17, 15) is 15.2 Å². The first-order valence-corrected chi connectivity index (χ1v) is 13.6. The quantitative estimate of drug-likeness (QED) is 0.283. The summed E-state index contributed by atoms with van der Waals surface area (Å²) >= 11 is 0. The Morgan fingerprint density at radius 1 is 1.05 bits per heavy atom. The van der Waals surface area contributed by atoms with Crippen molar-refractivity contribution < 1.29 is 19.4 Å². The van der Waals surface area contributed by atoms with E-state index >= 15 is 0 Å². The number of hydrogen-bond acceptors (Lipinski definition) is 6. The summed E-state index contributed by atoms with van der Waals surface area (Å²) in [6.07, 6.45) is 2.88. The third-order valence-corrected chi connectivity index (χ3v) is 7.18. The molecule has 1 aliphatic heterocycles. The number of rotatable bonds is 12. The summed E-state index contributed by atoms with van der Waals surface area (Å²) in [4.78, 5) is 16.4. The van der Waals surface area contributed by atoms with E-state index in [2.05, 4.69) is 53.1 Å². The van der Waals surface area contributed by atoms with Gasteiger partial charge in [0.25, 0.3) is 0 Å². The van der Waals surface area contributed by atoms with Gasteiger partial charge in [-0.2, -0.15) is 5.26 Å². The lowest BCUT2D eigenvalue weighted by Crippen LogP contribution is -2.40. The maximum Gasteiger partial charge on any atom is 0.304 e. The molecule has 0 unspecified atom stereocenters. The molecule has 1 fully saturated rings. The molecular formula is C32H37N3O4. The van der Waals surface area contributed by atoms with Crippen molar-refractivity contribution >= 4 is 28.7 Å². The van der Waals surface area contributed by atoms with Crippen LogP contribution in [0, 0.1) is 11.3 Å². The molecule has 1 aliphatic rings. The molecule has 204 valence electrons. The van der Waals surface area contributed by atoms with Gasteiger partial charge in [0.1, 0.15) is 0 Å². The fourth-order valence-electron chi connectivity index (χ4n) is 5.33. The molecule has 0 spiro atoms. The van der Waals surface area contributed by atoms with Gasteiger partial charge in [0.15, 0.2) is 0 Å². The first kappa shape index (κ1) is 28.2. The van der Waals surface area contributed by atoms with Crippen LogP contribution in [0.5, 0.6) is 0 Å². The zero-order valence-electron chi connectivity index (χ0n) is 22.8. The van der Waals surface area contributed by atoms with Crippen molar-refractivity contribution in [3.05, 3.63) is 83.9 Å². The molecule has 3 aromatic carbocycles. The highest BCUT2D eigenvalue weighted by atomic mass is 16.5. The van der Waals surface area contributed by atoms with E-state index < -0.39 is 5.97 Å². The van der Waals surface area contributed by atoms with E-state index in [1.165, 1.54) is 0 Å². The van der Waals surface area contributed by atoms with Crippen molar-refractivity contribution in [3.63, 3.8) is 0 Å². The second kappa shape index (κ2) is 13.8. The van der Waals surface area contributed by atoms with Crippen LogP contribution in [0.2, 0.25) is 0 Å². The third kappa shape index (κ3) is 6.97. The van der Waals surface area contributed by atoms with Crippen LogP contribution in [-0.4, -0.2) is 50.6 Å². The highest BCUT2D eigenvalue weighted by molar-refractivity contribution is 5.86. The second-order valence-electron chi connectivity index (χ2n) is 9.86. The summed E-state index contributed by atoms with van der Waals surface area (Å²) in [5.74, 6) is -1.15. The Hall–Kier alpha value is -3.86. The van der Waals surface area contributed by atoms with Gasteiger partial charge in [-0.25, -0.2) is 0 Å². The third-order valence-electron chi connectivity index (χ3n) is 7.18. The van der Waals surface area contributed by atoms with Gasteiger partial charge in [0.05, 0.1) is 36.0 Å². The Balaban J connectivity index is 1.93. The Morgan fingerprint density at radius 3 is 2.36 bits per heavy atom. The van der Waals surface area contributed by atoms with E-state index in [1.807, 2.05) is 42.5 Å². The summed E-state index contributed by atoms with van der Waals surface area (Å²) in [5, 5.41) is 19.0. The number of nitrogens with zero attached hydrogens (tertiary/aromatic N) is 3. The molecule has 1 saturated heterocycles. The van der Waals surface area contributed by atoms with Gasteiger partial charge in [-0.3, -0.25) is 4.79 Å². The fraction of sp³-hybridized carbons (Fsp3) is 0.375. The number of nitriles is 1. The Morgan fingerprint density at radius 2 is 1.74 bits per heavy atom. The highest BCUT2D eigenvalue weighted by Crippen LogP contribution is 2.43. The molecule has 3 aromatic rings. The number of carbonyl (C=O) groups is 1. The van der Waals surface area contributed by atoms with Crippen LogP contribution in [0.3, 0.4) is 0 Å². The van der Waals surface area contributed by atoms with E-state index in [1.54, 1.807) is 7.11 Å². The SMILES string of the molecule is CCCN(c1ccc([C@H](COC)CC(=O)O)cc1N(c1ccccc1)c1ccc(C#N)cc1)C1CCOCC1. The van der Waals surface area contributed by atoms with Crippen LogP contribution in [0.15, 0.2) is 72.8 Å². The normalized spacial score (nSPS) is 14.4. The summed E-state index contributed by atoms with van der Waals surface area (Å²) in [6.45, 7) is 4.88.